The first kappa shape index (κ1) is 30.2. The number of anilines is 1. The number of aliphatic imine (C=N–C) groups is 1. The third-order valence-corrected chi connectivity index (χ3v) is 10.0. The van der Waals surface area contributed by atoms with Crippen LogP contribution < -0.4 is 16.0 Å². The number of hydrogen-bond acceptors (Lipinski definition) is 7. The number of aliphatic hydroxyl groups is 2. The van der Waals surface area contributed by atoms with E-state index in [0.29, 0.717) is 41.1 Å². The molecule has 0 aromatic heterocycles. The number of aliphatic hydroxyl groups excluding tert-OH is 2. The predicted molar refractivity (Wildman–Crippen MR) is 154 cm³/mol. The fourth-order valence-electron chi connectivity index (χ4n) is 5.92. The normalized spacial score (nSPS) is 24.2. The molecule has 40 heavy (non-hydrogen) atoms. The van der Waals surface area contributed by atoms with E-state index in [0.717, 1.165) is 36.4 Å². The molecule has 3 amide bonds. The van der Waals surface area contributed by atoms with Crippen molar-refractivity contribution in [3.05, 3.63) is 34.2 Å². The smallest absolute Gasteiger partial charge is 0.319 e. The molecular weight excluding hydrogens is 534 g/mol. The SMILES string of the molecule is Cc1cc(N(C[C@H](O)CO)C(N)=O)cc(C)c1/C=C/S(=O)(=O)N1CCC2(CC1)N=C(C1CCC(C)CC1)NC2=O. The van der Waals surface area contributed by atoms with Crippen LogP contribution in [0.3, 0.4) is 0 Å². The van der Waals surface area contributed by atoms with Crippen molar-refractivity contribution < 1.29 is 28.2 Å². The number of urea groups is 1. The van der Waals surface area contributed by atoms with Gasteiger partial charge in [-0.05, 0) is 80.3 Å². The lowest BCUT2D eigenvalue weighted by atomic mass is 9.82. The van der Waals surface area contributed by atoms with Crippen molar-refractivity contribution in [3.63, 3.8) is 0 Å². The van der Waals surface area contributed by atoms with E-state index in [4.69, 9.17) is 15.8 Å². The van der Waals surface area contributed by atoms with Crippen LogP contribution in [-0.2, 0) is 14.8 Å². The Kier molecular flexibility index (Phi) is 9.03. The van der Waals surface area contributed by atoms with Crippen molar-refractivity contribution in [1.29, 1.82) is 0 Å². The Morgan fingerprint density at radius 2 is 1.82 bits per heavy atom. The number of primary amides is 1. The largest absolute Gasteiger partial charge is 0.394 e. The Morgan fingerprint density at radius 1 is 1.23 bits per heavy atom. The van der Waals surface area contributed by atoms with E-state index in [-0.39, 0.29) is 31.5 Å². The van der Waals surface area contributed by atoms with Gasteiger partial charge in [0.15, 0.2) is 0 Å². The van der Waals surface area contributed by atoms with Gasteiger partial charge in [0.25, 0.3) is 5.91 Å². The Balaban J connectivity index is 1.44. The number of aryl methyl sites for hydroxylation is 2. The van der Waals surface area contributed by atoms with E-state index in [1.807, 2.05) is 0 Å². The fourth-order valence-corrected chi connectivity index (χ4v) is 7.09. The molecule has 0 unspecified atom stereocenters. The summed E-state index contributed by atoms with van der Waals surface area (Å²) < 4.78 is 27.8. The molecule has 1 spiro atoms. The van der Waals surface area contributed by atoms with E-state index < -0.39 is 34.3 Å². The van der Waals surface area contributed by atoms with Gasteiger partial charge < -0.3 is 21.3 Å². The fraction of sp³-hybridized carbons (Fsp3) is 0.607. The molecule has 0 bridgehead atoms. The van der Waals surface area contributed by atoms with Crippen LogP contribution in [0.25, 0.3) is 6.08 Å². The number of piperidine rings is 1. The molecule has 4 rings (SSSR count). The maximum Gasteiger partial charge on any atom is 0.319 e. The first-order valence-electron chi connectivity index (χ1n) is 13.9. The second kappa shape index (κ2) is 12.0. The number of rotatable bonds is 8. The average molecular weight is 576 g/mol. The van der Waals surface area contributed by atoms with E-state index in [2.05, 4.69) is 12.2 Å². The minimum atomic E-state index is -3.75. The van der Waals surface area contributed by atoms with Crippen LogP contribution >= 0.6 is 0 Å². The molecule has 1 saturated heterocycles. The summed E-state index contributed by atoms with van der Waals surface area (Å²) in [6.45, 7) is 5.54. The maximum atomic E-state index is 13.2. The molecule has 1 aliphatic carbocycles. The Bertz CT molecular complexity index is 1270. The molecule has 11 nitrogen and oxygen atoms in total. The molecule has 0 radical (unpaired) electrons. The second-order valence-electron chi connectivity index (χ2n) is 11.5. The predicted octanol–water partition coefficient (Wildman–Crippen LogP) is 2.03. The van der Waals surface area contributed by atoms with Gasteiger partial charge in [-0.1, -0.05) is 19.8 Å². The number of nitrogens with one attached hydrogen (secondary N) is 1. The van der Waals surface area contributed by atoms with Gasteiger partial charge in [-0.2, -0.15) is 4.31 Å². The van der Waals surface area contributed by atoms with Gasteiger partial charge in [0.05, 0.1) is 19.3 Å². The van der Waals surface area contributed by atoms with Crippen LogP contribution in [0.2, 0.25) is 0 Å². The van der Waals surface area contributed by atoms with Crippen LogP contribution in [0.1, 0.15) is 62.1 Å². The summed E-state index contributed by atoms with van der Waals surface area (Å²) in [6.07, 6.45) is 5.37. The summed E-state index contributed by atoms with van der Waals surface area (Å²) in [5.74, 6) is 1.64. The van der Waals surface area contributed by atoms with Crippen LogP contribution in [0, 0.1) is 25.7 Å². The zero-order valence-corrected chi connectivity index (χ0v) is 24.3. The lowest BCUT2D eigenvalue weighted by Crippen LogP contribution is -2.50. The third-order valence-electron chi connectivity index (χ3n) is 8.48. The van der Waals surface area contributed by atoms with E-state index in [9.17, 15) is 23.1 Å². The minimum Gasteiger partial charge on any atom is -0.394 e. The van der Waals surface area contributed by atoms with Gasteiger partial charge in [0, 0.05) is 30.1 Å². The molecule has 5 N–H and O–H groups in total. The van der Waals surface area contributed by atoms with E-state index in [1.54, 1.807) is 26.0 Å². The quantitative estimate of drug-likeness (QED) is 0.370. The number of sulfonamides is 1. The maximum absolute atomic E-state index is 13.2. The van der Waals surface area contributed by atoms with E-state index in [1.165, 1.54) is 15.8 Å². The van der Waals surface area contributed by atoms with E-state index >= 15 is 0 Å². The van der Waals surface area contributed by atoms with Crippen LogP contribution in [0.4, 0.5) is 10.5 Å². The van der Waals surface area contributed by atoms with Crippen LogP contribution in [0.5, 0.6) is 0 Å². The molecular formula is C28H41N5O6S. The number of amidine groups is 1. The second-order valence-corrected chi connectivity index (χ2v) is 13.3. The van der Waals surface area contributed by atoms with Crippen molar-refractivity contribution in [1.82, 2.24) is 9.62 Å². The summed E-state index contributed by atoms with van der Waals surface area (Å²) in [7, 11) is -3.75. The highest BCUT2D eigenvalue weighted by Gasteiger charge is 2.48. The minimum absolute atomic E-state index is 0.114. The van der Waals surface area contributed by atoms with Crippen molar-refractivity contribution in [2.45, 2.75) is 70.9 Å². The van der Waals surface area contributed by atoms with Crippen LogP contribution in [0.15, 0.2) is 22.5 Å². The van der Waals surface area contributed by atoms with Gasteiger partial charge >= 0.3 is 6.03 Å². The highest BCUT2D eigenvalue weighted by Crippen LogP contribution is 2.36. The van der Waals surface area contributed by atoms with Crippen LogP contribution in [-0.4, -0.2) is 78.6 Å². The Hall–Kier alpha value is -2.80. The molecule has 2 heterocycles. The molecule has 2 aliphatic heterocycles. The molecule has 220 valence electrons. The highest BCUT2D eigenvalue weighted by molar-refractivity contribution is 7.92. The number of benzene rings is 1. The number of hydrogen-bond donors (Lipinski definition) is 4. The molecule has 3 aliphatic rings. The molecule has 1 atom stereocenters. The summed E-state index contributed by atoms with van der Waals surface area (Å²) >= 11 is 0. The summed E-state index contributed by atoms with van der Waals surface area (Å²) in [5.41, 5.74) is 7.14. The lowest BCUT2D eigenvalue weighted by Gasteiger charge is -2.34. The Labute approximate surface area is 236 Å². The van der Waals surface area contributed by atoms with Crippen molar-refractivity contribution in [2.75, 3.05) is 31.1 Å². The zero-order valence-electron chi connectivity index (χ0n) is 23.5. The van der Waals surface area contributed by atoms with Gasteiger partial charge in [-0.25, -0.2) is 13.2 Å². The third kappa shape index (κ3) is 6.40. The number of carbonyl (C=O) groups is 2. The average Bonchev–Trinajstić information content (AvgIpc) is 3.21. The van der Waals surface area contributed by atoms with Gasteiger partial charge in [0.1, 0.15) is 11.4 Å². The zero-order chi connectivity index (χ0) is 29.2. The molecule has 1 aromatic carbocycles. The number of carbonyl (C=O) groups excluding carboxylic acids is 2. The van der Waals surface area contributed by atoms with Crippen molar-refractivity contribution in [2.24, 2.45) is 22.6 Å². The summed E-state index contributed by atoms with van der Waals surface area (Å²) in [4.78, 5) is 30.9. The monoisotopic (exact) mass is 575 g/mol. The Morgan fingerprint density at radius 3 is 2.38 bits per heavy atom. The lowest BCUT2D eigenvalue weighted by molar-refractivity contribution is -0.125. The molecule has 12 heteroatoms. The molecule has 2 fully saturated rings. The number of nitrogens with two attached hydrogens (primary N) is 1. The standard InChI is InChI=1S/C28H41N5O6S/c1-18-4-6-21(7-5-18)25-30-26(36)28(31-25)9-11-32(12-10-28)40(38,39)13-8-24-19(2)14-22(15-20(24)3)33(27(29)37)16-23(35)17-34/h8,13-15,18,21,23,34-35H,4-7,9-12,16-17H2,1-3H3,(H2,29,37)(H,30,31,36)/b13-8+/t18?,21?,23-/m0/s1. The molecule has 1 saturated carbocycles. The number of amides is 3. The van der Waals surface area contributed by atoms with Gasteiger partial charge in [-0.3, -0.25) is 14.7 Å². The topological polar surface area (TPSA) is 166 Å². The van der Waals surface area contributed by atoms with Crippen molar-refractivity contribution in [3.8, 4) is 0 Å². The summed E-state index contributed by atoms with van der Waals surface area (Å²) in [5, 5.41) is 23.1. The first-order valence-corrected chi connectivity index (χ1v) is 15.4. The highest BCUT2D eigenvalue weighted by atomic mass is 32.2. The summed E-state index contributed by atoms with van der Waals surface area (Å²) in [6, 6.07) is 2.58. The van der Waals surface area contributed by atoms with Gasteiger partial charge in [0.2, 0.25) is 10.0 Å². The molecule has 1 aromatic rings. The van der Waals surface area contributed by atoms with Gasteiger partial charge in [-0.15, -0.1) is 0 Å². The first-order chi connectivity index (χ1) is 18.8. The van der Waals surface area contributed by atoms with Crippen molar-refractivity contribution >= 4 is 39.6 Å². The number of nitrogens with zero attached hydrogens (tertiary/aromatic N) is 3.